The number of aromatic amines is 1. The lowest BCUT2D eigenvalue weighted by Crippen LogP contribution is -2.53. The van der Waals surface area contributed by atoms with Gasteiger partial charge in [-0.1, -0.05) is 37.3 Å². The Morgan fingerprint density at radius 2 is 1.81 bits per heavy atom. The maximum atomic E-state index is 13.0. The number of likely N-dealkylation sites (N-methyl/N-ethyl adjacent to an activating group) is 1. The fourth-order valence-electron chi connectivity index (χ4n) is 4.57. The third-order valence-electron chi connectivity index (χ3n) is 6.64. The summed E-state index contributed by atoms with van der Waals surface area (Å²) in [7, 11) is 1.68. The van der Waals surface area contributed by atoms with E-state index in [4.69, 9.17) is 4.74 Å². The molecular formula is C26H34N4O2. The molecule has 170 valence electrons. The van der Waals surface area contributed by atoms with Crippen molar-refractivity contribution in [3.05, 3.63) is 65.9 Å². The highest BCUT2D eigenvalue weighted by atomic mass is 16.5. The molecule has 2 N–H and O–H groups in total. The van der Waals surface area contributed by atoms with Crippen LogP contribution in [-0.4, -0.2) is 73.1 Å². The second-order valence-corrected chi connectivity index (χ2v) is 8.50. The van der Waals surface area contributed by atoms with Gasteiger partial charge in [-0.05, 0) is 42.8 Å². The predicted octanol–water partition coefficient (Wildman–Crippen LogP) is 3.45. The molecular weight excluding hydrogens is 400 g/mol. The molecule has 1 amide bonds. The number of nitrogens with one attached hydrogen (secondary N) is 2. The highest BCUT2D eigenvalue weighted by molar-refractivity contribution is 5.84. The Balaban J connectivity index is 1.51. The van der Waals surface area contributed by atoms with Gasteiger partial charge in [0, 0.05) is 55.7 Å². The van der Waals surface area contributed by atoms with E-state index in [2.05, 4.69) is 58.7 Å². The minimum absolute atomic E-state index is 0.115. The van der Waals surface area contributed by atoms with Crippen LogP contribution in [0.3, 0.4) is 0 Å². The van der Waals surface area contributed by atoms with E-state index in [0.717, 1.165) is 44.0 Å². The summed E-state index contributed by atoms with van der Waals surface area (Å²) in [5.74, 6) is 1.14. The first kappa shape index (κ1) is 22.4. The highest BCUT2D eigenvalue weighted by Gasteiger charge is 2.26. The Kier molecular flexibility index (Phi) is 7.12. The van der Waals surface area contributed by atoms with E-state index >= 15 is 0 Å². The third-order valence-corrected chi connectivity index (χ3v) is 6.64. The number of ether oxygens (including phenoxy) is 1. The number of rotatable bonds is 8. The van der Waals surface area contributed by atoms with E-state index in [1.165, 1.54) is 16.5 Å². The van der Waals surface area contributed by atoms with E-state index in [1.807, 2.05) is 30.0 Å². The maximum Gasteiger partial charge on any atom is 0.239 e. The second-order valence-electron chi connectivity index (χ2n) is 8.50. The normalized spacial score (nSPS) is 16.8. The summed E-state index contributed by atoms with van der Waals surface area (Å²) in [4.78, 5) is 20.8. The largest absolute Gasteiger partial charge is 0.497 e. The molecule has 2 atom stereocenters. The summed E-state index contributed by atoms with van der Waals surface area (Å²) in [5.41, 5.74) is 3.55. The number of H-pyrrole nitrogens is 1. The first-order valence-electron chi connectivity index (χ1n) is 11.5. The minimum Gasteiger partial charge on any atom is -0.497 e. The van der Waals surface area contributed by atoms with Gasteiger partial charge < -0.3 is 24.8 Å². The molecule has 0 aliphatic carbocycles. The smallest absolute Gasteiger partial charge is 0.239 e. The van der Waals surface area contributed by atoms with Crippen molar-refractivity contribution < 1.29 is 9.53 Å². The number of hydrogen-bond acceptors (Lipinski definition) is 4. The number of fused-ring (bicyclic) bond motifs is 1. The molecule has 0 unspecified atom stereocenters. The number of para-hydroxylation sites is 1. The summed E-state index contributed by atoms with van der Waals surface area (Å²) in [5, 5.41) is 4.75. The van der Waals surface area contributed by atoms with Crippen LogP contribution in [0.25, 0.3) is 10.9 Å². The number of aromatic nitrogens is 1. The van der Waals surface area contributed by atoms with Crippen molar-refractivity contribution in [1.82, 2.24) is 20.1 Å². The average molecular weight is 435 g/mol. The maximum absolute atomic E-state index is 13.0. The zero-order chi connectivity index (χ0) is 22.5. The van der Waals surface area contributed by atoms with E-state index in [1.54, 1.807) is 7.11 Å². The number of carbonyl (C=O) groups excluding carboxylic acids is 1. The zero-order valence-electron chi connectivity index (χ0n) is 19.3. The summed E-state index contributed by atoms with van der Waals surface area (Å²) < 4.78 is 5.35. The second kappa shape index (κ2) is 10.2. The van der Waals surface area contributed by atoms with Gasteiger partial charge in [0.1, 0.15) is 5.75 Å². The molecule has 1 fully saturated rings. The van der Waals surface area contributed by atoms with Crippen molar-refractivity contribution in [2.75, 3.05) is 46.4 Å². The molecule has 2 heterocycles. The Hall–Kier alpha value is -2.83. The van der Waals surface area contributed by atoms with Gasteiger partial charge in [-0.15, -0.1) is 0 Å². The van der Waals surface area contributed by atoms with Gasteiger partial charge in [-0.3, -0.25) is 4.79 Å². The number of benzene rings is 2. The highest BCUT2D eigenvalue weighted by Crippen LogP contribution is 2.31. The van der Waals surface area contributed by atoms with Crippen LogP contribution < -0.4 is 10.1 Å². The van der Waals surface area contributed by atoms with Gasteiger partial charge in [0.15, 0.2) is 0 Å². The molecule has 0 bridgehead atoms. The Morgan fingerprint density at radius 3 is 2.50 bits per heavy atom. The summed E-state index contributed by atoms with van der Waals surface area (Å²) in [6, 6.07) is 16.4. The Labute approximate surface area is 190 Å². The number of hydrogen-bond donors (Lipinski definition) is 2. The van der Waals surface area contributed by atoms with Crippen molar-refractivity contribution in [1.29, 1.82) is 0 Å². The molecule has 0 radical (unpaired) electrons. The van der Waals surface area contributed by atoms with Crippen LogP contribution in [0, 0.1) is 0 Å². The van der Waals surface area contributed by atoms with Gasteiger partial charge in [0.2, 0.25) is 5.91 Å². The standard InChI is InChI=1S/C26H34N4O2/c1-4-29-13-15-30(16-14-29)26(31)19(2)27-17-23(20-9-11-21(32-3)12-10-20)24-18-28-25-8-6-5-7-22(24)25/h5-12,18-19,23,27-28H,4,13-17H2,1-3H3/t19-,23-/m0/s1. The number of nitrogens with zero attached hydrogens (tertiary/aromatic N) is 2. The summed E-state index contributed by atoms with van der Waals surface area (Å²) in [6.45, 7) is 9.41. The first-order valence-corrected chi connectivity index (χ1v) is 11.5. The molecule has 1 aromatic heterocycles. The molecule has 2 aromatic carbocycles. The molecule has 4 rings (SSSR count). The Bertz CT molecular complexity index is 1020. The molecule has 1 aliphatic heterocycles. The van der Waals surface area contributed by atoms with Crippen molar-refractivity contribution in [2.45, 2.75) is 25.8 Å². The van der Waals surface area contributed by atoms with Crippen LogP contribution in [-0.2, 0) is 4.79 Å². The van der Waals surface area contributed by atoms with Crippen molar-refractivity contribution in [2.24, 2.45) is 0 Å². The van der Waals surface area contributed by atoms with Gasteiger partial charge in [-0.25, -0.2) is 0 Å². The number of carbonyl (C=O) groups is 1. The lowest BCUT2D eigenvalue weighted by molar-refractivity contribution is -0.134. The average Bonchev–Trinajstić information content (AvgIpc) is 3.28. The number of methoxy groups -OCH3 is 1. The molecule has 3 aromatic rings. The molecule has 0 saturated carbocycles. The molecule has 6 nitrogen and oxygen atoms in total. The van der Waals surface area contributed by atoms with Crippen LogP contribution >= 0.6 is 0 Å². The van der Waals surface area contributed by atoms with E-state index in [0.29, 0.717) is 6.54 Å². The SMILES string of the molecule is CCN1CCN(C(=O)[C@H](C)NC[C@@H](c2ccc(OC)cc2)c2c[nH]c3ccccc23)CC1. The molecule has 6 heteroatoms. The van der Waals surface area contributed by atoms with Gasteiger partial charge in [-0.2, -0.15) is 0 Å². The van der Waals surface area contributed by atoms with Gasteiger partial charge in [0.25, 0.3) is 0 Å². The third kappa shape index (κ3) is 4.81. The fourth-order valence-corrected chi connectivity index (χ4v) is 4.57. The van der Waals surface area contributed by atoms with Crippen LogP contribution in [0.2, 0.25) is 0 Å². The quantitative estimate of drug-likeness (QED) is 0.570. The summed E-state index contributed by atoms with van der Waals surface area (Å²) >= 11 is 0. The molecule has 1 aliphatic rings. The summed E-state index contributed by atoms with van der Waals surface area (Å²) in [6.07, 6.45) is 2.09. The van der Waals surface area contributed by atoms with E-state index in [9.17, 15) is 4.79 Å². The van der Waals surface area contributed by atoms with E-state index < -0.39 is 0 Å². The van der Waals surface area contributed by atoms with Gasteiger partial charge in [0.05, 0.1) is 13.2 Å². The van der Waals surface area contributed by atoms with Crippen LogP contribution in [0.15, 0.2) is 54.7 Å². The van der Waals surface area contributed by atoms with Crippen molar-refractivity contribution in [3.8, 4) is 5.75 Å². The fraction of sp³-hybridized carbons (Fsp3) is 0.423. The zero-order valence-corrected chi connectivity index (χ0v) is 19.3. The number of piperazine rings is 1. The van der Waals surface area contributed by atoms with Gasteiger partial charge >= 0.3 is 0 Å². The molecule has 0 spiro atoms. The molecule has 32 heavy (non-hydrogen) atoms. The monoisotopic (exact) mass is 434 g/mol. The minimum atomic E-state index is -0.228. The lowest BCUT2D eigenvalue weighted by Gasteiger charge is -2.35. The number of amides is 1. The van der Waals surface area contributed by atoms with E-state index in [-0.39, 0.29) is 17.9 Å². The van der Waals surface area contributed by atoms with Crippen LogP contribution in [0.1, 0.15) is 30.9 Å². The topological polar surface area (TPSA) is 60.6 Å². The first-order chi connectivity index (χ1) is 15.6. The van der Waals surface area contributed by atoms with Crippen LogP contribution in [0.4, 0.5) is 0 Å². The molecule has 1 saturated heterocycles. The van der Waals surface area contributed by atoms with Crippen LogP contribution in [0.5, 0.6) is 5.75 Å². The Morgan fingerprint density at radius 1 is 1.09 bits per heavy atom. The lowest BCUT2D eigenvalue weighted by atomic mass is 9.90. The van der Waals surface area contributed by atoms with Crippen molar-refractivity contribution >= 4 is 16.8 Å². The van der Waals surface area contributed by atoms with Crippen molar-refractivity contribution in [3.63, 3.8) is 0 Å². The predicted molar refractivity (Wildman–Crippen MR) is 129 cm³/mol.